The van der Waals surface area contributed by atoms with Gasteiger partial charge in [-0.15, -0.1) is 23.1 Å². The average Bonchev–Trinajstić information content (AvgIpc) is 3.83. The fraction of sp³-hybridized carbons (Fsp3) is 0.278. The van der Waals surface area contributed by atoms with E-state index in [1.807, 2.05) is 152 Å². The van der Waals surface area contributed by atoms with Gasteiger partial charge < -0.3 is 29.8 Å². The van der Waals surface area contributed by atoms with Crippen LogP contribution in [0.3, 0.4) is 0 Å². The molecule has 3 heterocycles. The third kappa shape index (κ3) is 11.0. The Bertz CT molecular complexity index is 2690. The molecule has 6 aromatic rings. The summed E-state index contributed by atoms with van der Waals surface area (Å²) in [7, 11) is 0. The van der Waals surface area contributed by atoms with Crippen LogP contribution in [0, 0.1) is 5.92 Å². The smallest absolute Gasteiger partial charge is 0.326 e. The lowest BCUT2D eigenvalue weighted by Crippen LogP contribution is -2.75. The maximum Gasteiger partial charge on any atom is 0.326 e. The van der Waals surface area contributed by atoms with Gasteiger partial charge in [0.25, 0.3) is 5.91 Å². The molecule has 8 rings (SSSR count). The van der Waals surface area contributed by atoms with Crippen molar-refractivity contribution in [1.29, 1.82) is 0 Å². The van der Waals surface area contributed by atoms with Crippen LogP contribution in [0.2, 0.25) is 0 Å². The predicted octanol–water partition coefficient (Wildman–Crippen LogP) is 9.00. The van der Waals surface area contributed by atoms with E-state index in [2.05, 4.69) is 15.8 Å². The molecule has 0 saturated carbocycles. The van der Waals surface area contributed by atoms with Crippen molar-refractivity contribution < 1.29 is 38.3 Å². The van der Waals surface area contributed by atoms with Crippen LogP contribution in [0.4, 0.5) is 5.13 Å². The van der Waals surface area contributed by atoms with Crippen LogP contribution in [0.1, 0.15) is 74.2 Å². The first-order valence-electron chi connectivity index (χ1n) is 22.7. The fourth-order valence-electron chi connectivity index (χ4n) is 8.33. The van der Waals surface area contributed by atoms with Crippen LogP contribution >= 0.6 is 34.9 Å². The number of oxime groups is 1. The Labute approximate surface area is 419 Å². The van der Waals surface area contributed by atoms with E-state index >= 15 is 0 Å². The second-order valence-electron chi connectivity index (χ2n) is 18.0. The Morgan fingerprint density at radius 1 is 0.814 bits per heavy atom. The Balaban J connectivity index is 1.06. The van der Waals surface area contributed by atoms with Crippen molar-refractivity contribution in [2.75, 3.05) is 24.2 Å². The molecule has 2 amide bonds. The van der Waals surface area contributed by atoms with Crippen molar-refractivity contribution in [3.63, 3.8) is 0 Å². The number of carbonyl (C=O) groups excluding carboxylic acids is 5. The minimum atomic E-state index is -1.43. The summed E-state index contributed by atoms with van der Waals surface area (Å²) in [6, 6.07) is 47.6. The molecule has 4 atom stereocenters. The van der Waals surface area contributed by atoms with Gasteiger partial charge in [0, 0.05) is 24.6 Å². The zero-order chi connectivity index (χ0) is 49.5. The van der Waals surface area contributed by atoms with Crippen molar-refractivity contribution in [1.82, 2.24) is 15.2 Å². The zero-order valence-corrected chi connectivity index (χ0v) is 41.7. The predicted molar refractivity (Wildman–Crippen MR) is 274 cm³/mol. The number of nitrogens with zero attached hydrogens (tertiary/aromatic N) is 3. The number of carbonyl (C=O) groups is 5. The van der Waals surface area contributed by atoms with Crippen molar-refractivity contribution in [2.24, 2.45) is 11.1 Å². The molecule has 1 aromatic heterocycles. The van der Waals surface area contributed by atoms with Gasteiger partial charge in [-0.05, 0) is 55.5 Å². The molecule has 3 unspecified atom stereocenters. The van der Waals surface area contributed by atoms with Crippen LogP contribution < -0.4 is 10.6 Å². The topological polar surface area (TPSA) is 166 Å². The summed E-state index contributed by atoms with van der Waals surface area (Å²) < 4.78 is 10.4. The number of anilines is 1. The van der Waals surface area contributed by atoms with E-state index in [-0.39, 0.29) is 35.4 Å². The molecule has 70 heavy (non-hydrogen) atoms. The third-order valence-electron chi connectivity index (χ3n) is 11.6. The summed E-state index contributed by atoms with van der Waals surface area (Å²) >= 11 is 3.37. The van der Waals surface area contributed by atoms with E-state index in [1.54, 1.807) is 33.1 Å². The monoisotopic (exact) mass is 995 g/mol. The molecule has 2 fully saturated rings. The second kappa shape index (κ2) is 21.5. The summed E-state index contributed by atoms with van der Waals surface area (Å²) in [6.07, 6.45) is -0.763. The highest BCUT2D eigenvalue weighted by molar-refractivity contribution is 8.16. The molecule has 5 aromatic carbocycles. The number of nitrogens with one attached hydrogen (secondary N) is 2. The van der Waals surface area contributed by atoms with E-state index in [9.17, 15) is 24.0 Å². The largest absolute Gasteiger partial charge is 0.460 e. The standard InChI is InChI=1S/C54H53N5O8S3/c1-35(49(63)67-52(3,4)5)31-65-58-43(42-32-68-51(55-42)57-54(39-25-15-8-16-26-39,40-27-17-9-18-28-40)41-29-19-10-20-30-41)46(61)56-44-47(62)59-33-53(70-36(2)60,34-69-48(44)59)50(64)66-45(37-21-11-6-12-22-37)38-23-13-7-14-24-38/h6-30,32,35,44-45,48H,31,33-34H2,1-5H3,(H,55,57)(H,56,61)/t35?,44?,48-,53?/m1/s1. The number of hydrogen-bond acceptors (Lipinski definition) is 14. The number of ether oxygens (including phenoxy) is 2. The molecule has 13 nitrogen and oxygen atoms in total. The lowest BCUT2D eigenvalue weighted by atomic mass is 9.77. The Morgan fingerprint density at radius 2 is 1.33 bits per heavy atom. The minimum absolute atomic E-state index is 0.116. The van der Waals surface area contributed by atoms with Crippen LogP contribution in [0.15, 0.2) is 162 Å². The van der Waals surface area contributed by atoms with Gasteiger partial charge in [-0.25, -0.2) is 4.98 Å². The Hall–Kier alpha value is -6.75. The highest BCUT2D eigenvalue weighted by Crippen LogP contribution is 2.46. The number of rotatable bonds is 17. The summed E-state index contributed by atoms with van der Waals surface area (Å²) in [6.45, 7) is 7.99. The molecule has 2 aliphatic heterocycles. The fourth-order valence-corrected chi connectivity index (χ4v) is 11.8. The van der Waals surface area contributed by atoms with E-state index in [0.29, 0.717) is 5.13 Å². The van der Waals surface area contributed by atoms with Gasteiger partial charge in [0.15, 0.2) is 22.1 Å². The van der Waals surface area contributed by atoms with Crippen LogP contribution in [0.5, 0.6) is 0 Å². The van der Waals surface area contributed by atoms with E-state index in [1.165, 1.54) is 34.9 Å². The van der Waals surface area contributed by atoms with Gasteiger partial charge in [0.1, 0.15) is 39.6 Å². The first kappa shape index (κ1) is 49.7. The van der Waals surface area contributed by atoms with Gasteiger partial charge in [-0.1, -0.05) is 169 Å². The van der Waals surface area contributed by atoms with E-state index in [0.717, 1.165) is 39.6 Å². The number of hydrogen-bond donors (Lipinski definition) is 2. The van der Waals surface area contributed by atoms with Gasteiger partial charge >= 0.3 is 11.9 Å². The molecule has 16 heteroatoms. The van der Waals surface area contributed by atoms with Gasteiger partial charge in [0.05, 0.1) is 5.92 Å². The lowest BCUT2D eigenvalue weighted by molar-refractivity contribution is -0.161. The third-order valence-corrected chi connectivity index (χ3v) is 15.2. The lowest BCUT2D eigenvalue weighted by Gasteiger charge is -2.53. The van der Waals surface area contributed by atoms with Gasteiger partial charge in [0.2, 0.25) is 5.91 Å². The number of β-lactam (4-membered cyclic amide) rings is 1. The van der Waals surface area contributed by atoms with Crippen LogP contribution in [-0.2, 0) is 43.8 Å². The number of esters is 2. The number of benzene rings is 5. The number of aromatic nitrogens is 1. The number of amides is 2. The quantitative estimate of drug-likeness (QED) is 0.0293. The maximum absolute atomic E-state index is 14.5. The average molecular weight is 996 g/mol. The number of thioether (sulfide) groups is 2. The van der Waals surface area contributed by atoms with Crippen molar-refractivity contribution in [2.45, 2.75) is 68.0 Å². The van der Waals surface area contributed by atoms with E-state index in [4.69, 9.17) is 19.3 Å². The molecule has 0 spiro atoms. The molecule has 2 aliphatic rings. The molecule has 0 bridgehead atoms. The summed E-state index contributed by atoms with van der Waals surface area (Å²) in [4.78, 5) is 80.9. The van der Waals surface area contributed by atoms with Crippen molar-refractivity contribution in [3.8, 4) is 0 Å². The SMILES string of the molecule is CC(=O)SC1(C(=O)OC(c2ccccc2)c2ccccc2)CS[C@@H]2C(NC(=O)C(=NOCC(C)C(=O)OC(C)(C)C)c3csc(NC(c4ccccc4)(c4ccccc4)c4ccccc4)n3)C(=O)N2C1. The Kier molecular flexibility index (Phi) is 15.2. The molecule has 0 radical (unpaired) electrons. The summed E-state index contributed by atoms with van der Waals surface area (Å²) in [5.41, 5.74) is 2.61. The highest BCUT2D eigenvalue weighted by atomic mass is 32.2. The molecular formula is C54H53N5O8S3. The normalized spacial score (nSPS) is 18.5. The van der Waals surface area contributed by atoms with Gasteiger partial charge in [-0.2, -0.15) is 0 Å². The van der Waals surface area contributed by atoms with Crippen LogP contribution in [0.25, 0.3) is 0 Å². The van der Waals surface area contributed by atoms with Crippen molar-refractivity contribution in [3.05, 3.63) is 191 Å². The van der Waals surface area contributed by atoms with Gasteiger partial charge in [-0.3, -0.25) is 24.0 Å². The maximum atomic E-state index is 14.5. The Morgan fingerprint density at radius 3 is 1.83 bits per heavy atom. The zero-order valence-electron chi connectivity index (χ0n) is 39.3. The summed E-state index contributed by atoms with van der Waals surface area (Å²) in [5.74, 6) is -2.95. The van der Waals surface area contributed by atoms with Crippen LogP contribution in [-0.4, -0.2) is 85.1 Å². The second-order valence-corrected chi connectivity index (χ2v) is 21.5. The molecule has 360 valence electrons. The number of fused-ring (bicyclic) bond motifs is 1. The minimum Gasteiger partial charge on any atom is -0.460 e. The summed E-state index contributed by atoms with van der Waals surface area (Å²) in [5, 5.41) is 12.1. The first-order chi connectivity index (χ1) is 33.7. The molecule has 2 N–H and O–H groups in total. The molecular weight excluding hydrogens is 943 g/mol. The van der Waals surface area contributed by atoms with E-state index < -0.39 is 63.1 Å². The van der Waals surface area contributed by atoms with Crippen molar-refractivity contribution >= 4 is 74.6 Å². The first-order valence-corrected chi connectivity index (χ1v) is 25.5. The molecule has 0 aliphatic carbocycles. The highest BCUT2D eigenvalue weighted by Gasteiger charge is 2.59. The number of thiazole rings is 1. The molecule has 2 saturated heterocycles.